The summed E-state index contributed by atoms with van der Waals surface area (Å²) in [7, 11) is 0. The van der Waals surface area contributed by atoms with E-state index in [1.54, 1.807) is 24.3 Å². The Morgan fingerprint density at radius 1 is 0.710 bits per heavy atom. The first-order valence-electron chi connectivity index (χ1n) is 10.5. The van der Waals surface area contributed by atoms with E-state index in [0.29, 0.717) is 37.1 Å². The smallest absolute Gasteiger partial charge is 0.255 e. The average Bonchev–Trinajstić information content (AvgIpc) is 2.79. The zero-order valence-electron chi connectivity index (χ0n) is 18.0. The molecule has 0 saturated carbocycles. The highest BCUT2D eigenvalue weighted by Gasteiger charge is 2.07. The van der Waals surface area contributed by atoms with Gasteiger partial charge in [0.15, 0.2) is 0 Å². The van der Waals surface area contributed by atoms with Crippen molar-refractivity contribution < 1.29 is 19.0 Å². The van der Waals surface area contributed by atoms with Crippen LogP contribution >= 0.6 is 0 Å². The molecular weight excluding hydrogens is 390 g/mol. The molecule has 0 aliphatic carbocycles. The number of nitrogens with one attached hydrogen (secondary N) is 1. The van der Waals surface area contributed by atoms with Crippen LogP contribution in [0.5, 0.6) is 17.2 Å². The lowest BCUT2D eigenvalue weighted by atomic mass is 10.1. The standard InChI is InChI=1S/C26H29NO4/c1-20(2)16-17-29-25-14-10-22(11-15-25)27-26(28)21-8-12-24(13-9-21)31-19-18-30-23-6-4-3-5-7-23/h3-15,20H,16-19H2,1-2H3,(H,27,28). The summed E-state index contributed by atoms with van der Waals surface area (Å²) in [5.74, 6) is 2.74. The third-order valence-corrected chi connectivity index (χ3v) is 4.56. The molecule has 0 atom stereocenters. The molecule has 0 heterocycles. The highest BCUT2D eigenvalue weighted by atomic mass is 16.5. The Kier molecular flexibility index (Phi) is 8.35. The van der Waals surface area contributed by atoms with E-state index in [9.17, 15) is 4.79 Å². The largest absolute Gasteiger partial charge is 0.494 e. The summed E-state index contributed by atoms with van der Waals surface area (Å²) in [5.41, 5.74) is 1.28. The van der Waals surface area contributed by atoms with Crippen LogP contribution in [0.1, 0.15) is 30.6 Å². The molecule has 0 aliphatic rings. The Labute approximate surface area is 184 Å². The average molecular weight is 420 g/mol. The minimum atomic E-state index is -0.174. The fraction of sp³-hybridized carbons (Fsp3) is 0.269. The Balaban J connectivity index is 1.42. The summed E-state index contributed by atoms with van der Waals surface area (Å²) in [6, 6.07) is 24.1. The third kappa shape index (κ3) is 7.70. The number of ether oxygens (including phenoxy) is 3. The maximum absolute atomic E-state index is 12.5. The Morgan fingerprint density at radius 3 is 1.81 bits per heavy atom. The van der Waals surface area contributed by atoms with Gasteiger partial charge in [-0.25, -0.2) is 0 Å². The number of carbonyl (C=O) groups excluding carboxylic acids is 1. The van der Waals surface area contributed by atoms with E-state index in [4.69, 9.17) is 14.2 Å². The molecular formula is C26H29NO4. The molecule has 0 saturated heterocycles. The van der Waals surface area contributed by atoms with Crippen LogP contribution in [-0.2, 0) is 0 Å². The van der Waals surface area contributed by atoms with Crippen molar-refractivity contribution in [2.75, 3.05) is 25.1 Å². The molecule has 5 nitrogen and oxygen atoms in total. The van der Waals surface area contributed by atoms with Crippen molar-refractivity contribution in [3.05, 3.63) is 84.4 Å². The van der Waals surface area contributed by atoms with Crippen molar-refractivity contribution in [2.45, 2.75) is 20.3 Å². The van der Waals surface area contributed by atoms with Crippen LogP contribution in [0, 0.1) is 5.92 Å². The second-order valence-electron chi connectivity index (χ2n) is 7.54. The fourth-order valence-electron chi connectivity index (χ4n) is 2.79. The summed E-state index contributed by atoms with van der Waals surface area (Å²) in [6.07, 6.45) is 1.01. The number of carbonyl (C=O) groups is 1. The zero-order chi connectivity index (χ0) is 21.9. The van der Waals surface area contributed by atoms with Gasteiger partial charge in [-0.15, -0.1) is 0 Å². The van der Waals surface area contributed by atoms with Crippen molar-refractivity contribution >= 4 is 11.6 Å². The van der Waals surface area contributed by atoms with Gasteiger partial charge in [0.05, 0.1) is 6.61 Å². The predicted octanol–water partition coefficient (Wildman–Crippen LogP) is 5.82. The van der Waals surface area contributed by atoms with E-state index < -0.39 is 0 Å². The number of rotatable bonds is 11. The lowest BCUT2D eigenvalue weighted by Crippen LogP contribution is -2.12. The van der Waals surface area contributed by atoms with Crippen LogP contribution in [0.15, 0.2) is 78.9 Å². The number of hydrogen-bond donors (Lipinski definition) is 1. The highest BCUT2D eigenvalue weighted by Crippen LogP contribution is 2.18. The van der Waals surface area contributed by atoms with Crippen molar-refractivity contribution in [3.63, 3.8) is 0 Å². The summed E-state index contributed by atoms with van der Waals surface area (Å²) < 4.78 is 17.0. The molecule has 0 aromatic heterocycles. The number of benzene rings is 3. The van der Waals surface area contributed by atoms with E-state index in [1.807, 2.05) is 54.6 Å². The Hall–Kier alpha value is -3.47. The summed E-state index contributed by atoms with van der Waals surface area (Å²) in [5, 5.41) is 2.89. The third-order valence-electron chi connectivity index (χ3n) is 4.56. The number of hydrogen-bond acceptors (Lipinski definition) is 4. The minimum absolute atomic E-state index is 0.174. The molecule has 0 spiro atoms. The van der Waals surface area contributed by atoms with Gasteiger partial charge in [0.1, 0.15) is 30.5 Å². The van der Waals surface area contributed by atoms with Crippen molar-refractivity contribution in [3.8, 4) is 17.2 Å². The van der Waals surface area contributed by atoms with Crippen molar-refractivity contribution in [1.82, 2.24) is 0 Å². The lowest BCUT2D eigenvalue weighted by Gasteiger charge is -2.10. The topological polar surface area (TPSA) is 56.8 Å². The molecule has 3 aromatic carbocycles. The molecule has 1 amide bonds. The van der Waals surface area contributed by atoms with Crippen LogP contribution in [0.3, 0.4) is 0 Å². The molecule has 0 fully saturated rings. The molecule has 162 valence electrons. The van der Waals surface area contributed by atoms with Crippen molar-refractivity contribution in [2.24, 2.45) is 5.92 Å². The Bertz CT molecular complexity index is 922. The predicted molar refractivity (Wildman–Crippen MR) is 123 cm³/mol. The van der Waals surface area contributed by atoms with Crippen LogP contribution in [0.2, 0.25) is 0 Å². The lowest BCUT2D eigenvalue weighted by molar-refractivity contribution is 0.102. The van der Waals surface area contributed by atoms with Gasteiger partial charge in [-0.3, -0.25) is 4.79 Å². The van der Waals surface area contributed by atoms with E-state index in [0.717, 1.165) is 23.6 Å². The van der Waals surface area contributed by atoms with Gasteiger partial charge in [0.25, 0.3) is 5.91 Å². The number of amides is 1. The second-order valence-corrected chi connectivity index (χ2v) is 7.54. The van der Waals surface area contributed by atoms with E-state index in [2.05, 4.69) is 19.2 Å². The maximum atomic E-state index is 12.5. The maximum Gasteiger partial charge on any atom is 0.255 e. The number of para-hydroxylation sites is 1. The van der Waals surface area contributed by atoms with Gasteiger partial charge in [-0.1, -0.05) is 32.0 Å². The molecule has 0 aliphatic heterocycles. The molecule has 3 aromatic rings. The van der Waals surface area contributed by atoms with Gasteiger partial charge in [0, 0.05) is 11.3 Å². The quantitative estimate of drug-likeness (QED) is 0.398. The molecule has 0 bridgehead atoms. The van der Waals surface area contributed by atoms with E-state index in [1.165, 1.54) is 0 Å². The number of anilines is 1. The normalized spacial score (nSPS) is 10.5. The van der Waals surface area contributed by atoms with Crippen molar-refractivity contribution in [1.29, 1.82) is 0 Å². The highest BCUT2D eigenvalue weighted by molar-refractivity contribution is 6.04. The van der Waals surface area contributed by atoms with Crippen LogP contribution in [0.4, 0.5) is 5.69 Å². The van der Waals surface area contributed by atoms with Crippen LogP contribution in [0.25, 0.3) is 0 Å². The molecule has 0 radical (unpaired) electrons. The first-order valence-corrected chi connectivity index (χ1v) is 10.5. The molecule has 0 unspecified atom stereocenters. The van der Waals surface area contributed by atoms with E-state index in [-0.39, 0.29) is 5.91 Å². The minimum Gasteiger partial charge on any atom is -0.494 e. The van der Waals surface area contributed by atoms with E-state index >= 15 is 0 Å². The van der Waals surface area contributed by atoms with Gasteiger partial charge >= 0.3 is 0 Å². The summed E-state index contributed by atoms with van der Waals surface area (Å²) >= 11 is 0. The second kappa shape index (κ2) is 11.6. The Morgan fingerprint density at radius 2 is 1.23 bits per heavy atom. The first-order chi connectivity index (χ1) is 15.1. The van der Waals surface area contributed by atoms with Gasteiger partial charge < -0.3 is 19.5 Å². The molecule has 1 N–H and O–H groups in total. The van der Waals surface area contributed by atoms with Crippen LogP contribution in [-0.4, -0.2) is 25.7 Å². The fourth-order valence-corrected chi connectivity index (χ4v) is 2.79. The van der Waals surface area contributed by atoms with Gasteiger partial charge in [-0.05, 0) is 73.0 Å². The summed E-state index contributed by atoms with van der Waals surface area (Å²) in [4.78, 5) is 12.5. The van der Waals surface area contributed by atoms with Crippen LogP contribution < -0.4 is 19.5 Å². The molecule has 31 heavy (non-hydrogen) atoms. The summed E-state index contributed by atoms with van der Waals surface area (Å²) in [6.45, 7) is 5.90. The van der Waals surface area contributed by atoms with Gasteiger partial charge in [0.2, 0.25) is 0 Å². The molecule has 5 heteroatoms. The van der Waals surface area contributed by atoms with Gasteiger partial charge in [-0.2, -0.15) is 0 Å². The monoisotopic (exact) mass is 419 g/mol. The molecule has 3 rings (SSSR count). The first kappa shape index (κ1) is 22.2. The SMILES string of the molecule is CC(C)CCOc1ccc(NC(=O)c2ccc(OCCOc3ccccc3)cc2)cc1. The zero-order valence-corrected chi connectivity index (χ0v) is 18.0.